The highest BCUT2D eigenvalue weighted by molar-refractivity contribution is 5.89. The van der Waals surface area contributed by atoms with Crippen LogP contribution in [0.2, 0.25) is 0 Å². The third kappa shape index (κ3) is 4.75. The number of nitrogens with zero attached hydrogens (tertiary/aromatic N) is 1. The monoisotopic (exact) mass is 314 g/mol. The van der Waals surface area contributed by atoms with Gasteiger partial charge in [0, 0.05) is 26.1 Å². The normalized spacial score (nSPS) is 17.0. The summed E-state index contributed by atoms with van der Waals surface area (Å²) in [4.78, 5) is 25.5. The zero-order valence-electron chi connectivity index (χ0n) is 13.4. The van der Waals surface area contributed by atoms with E-state index in [-0.39, 0.29) is 24.3 Å². The maximum absolute atomic E-state index is 12.1. The van der Waals surface area contributed by atoms with Gasteiger partial charge in [-0.2, -0.15) is 0 Å². The Morgan fingerprint density at radius 2 is 2.17 bits per heavy atom. The van der Waals surface area contributed by atoms with Crippen LogP contribution in [0.1, 0.15) is 18.9 Å². The van der Waals surface area contributed by atoms with Crippen molar-refractivity contribution in [1.82, 2.24) is 10.2 Å². The molecule has 1 aliphatic rings. The smallest absolute Gasteiger partial charge is 0.225 e. The van der Waals surface area contributed by atoms with Crippen LogP contribution >= 0.6 is 0 Å². The Hall–Kier alpha value is -2.48. The van der Waals surface area contributed by atoms with E-state index in [9.17, 15) is 9.59 Å². The van der Waals surface area contributed by atoms with Gasteiger partial charge in [0.2, 0.25) is 11.8 Å². The molecule has 23 heavy (non-hydrogen) atoms. The number of hydrogen-bond acceptors (Lipinski definition) is 3. The third-order valence-electron chi connectivity index (χ3n) is 3.93. The first-order valence-electron chi connectivity index (χ1n) is 7.84. The van der Waals surface area contributed by atoms with Gasteiger partial charge in [0.1, 0.15) is 12.4 Å². The maximum atomic E-state index is 12.1. The van der Waals surface area contributed by atoms with Crippen molar-refractivity contribution in [2.75, 3.05) is 26.2 Å². The van der Waals surface area contributed by atoms with Crippen LogP contribution in [0.15, 0.2) is 24.3 Å². The van der Waals surface area contributed by atoms with Gasteiger partial charge in [-0.05, 0) is 31.0 Å². The molecule has 1 N–H and O–H groups in total. The van der Waals surface area contributed by atoms with E-state index in [4.69, 9.17) is 11.2 Å². The topological polar surface area (TPSA) is 58.6 Å². The maximum Gasteiger partial charge on any atom is 0.225 e. The summed E-state index contributed by atoms with van der Waals surface area (Å²) < 4.78 is 5.31. The average Bonchev–Trinajstić information content (AvgIpc) is 2.95. The van der Waals surface area contributed by atoms with Crippen molar-refractivity contribution in [1.29, 1.82) is 0 Å². The lowest BCUT2D eigenvalue weighted by atomic mass is 10.1. The van der Waals surface area contributed by atoms with E-state index in [0.29, 0.717) is 26.1 Å². The number of amides is 2. The van der Waals surface area contributed by atoms with Crippen molar-refractivity contribution in [3.05, 3.63) is 29.8 Å². The number of ether oxygens (including phenoxy) is 1. The van der Waals surface area contributed by atoms with Crippen LogP contribution in [-0.2, 0) is 16.0 Å². The molecule has 0 spiro atoms. The standard InChI is InChI=1S/C18H22N2O3/c1-3-11-23-16-7-5-14(6-8-16)9-10-19-18(22)15-12-17(21)20(4-2)13-15/h1,5-8,15H,4,9-13H2,2H3,(H,19,22)/t15-/m0/s1. The predicted octanol–water partition coefficient (Wildman–Crippen LogP) is 1.23. The fraction of sp³-hybridized carbons (Fsp3) is 0.444. The molecule has 0 saturated carbocycles. The SMILES string of the molecule is C#CCOc1ccc(CCNC(=O)[C@H]2CC(=O)N(CC)C2)cc1. The summed E-state index contributed by atoms with van der Waals surface area (Å²) in [5.74, 6) is 2.96. The molecule has 5 nitrogen and oxygen atoms in total. The molecular formula is C18H22N2O3. The largest absolute Gasteiger partial charge is 0.481 e. The first-order chi connectivity index (χ1) is 11.1. The molecule has 5 heteroatoms. The minimum Gasteiger partial charge on any atom is -0.481 e. The Labute approximate surface area is 137 Å². The highest BCUT2D eigenvalue weighted by Crippen LogP contribution is 2.17. The zero-order valence-corrected chi connectivity index (χ0v) is 13.4. The van der Waals surface area contributed by atoms with E-state index in [2.05, 4.69) is 11.2 Å². The minimum atomic E-state index is -0.220. The molecule has 1 saturated heterocycles. The van der Waals surface area contributed by atoms with Gasteiger partial charge in [-0.15, -0.1) is 6.42 Å². The third-order valence-corrected chi connectivity index (χ3v) is 3.93. The van der Waals surface area contributed by atoms with E-state index in [1.54, 1.807) is 4.90 Å². The summed E-state index contributed by atoms with van der Waals surface area (Å²) in [6, 6.07) is 7.64. The molecule has 122 valence electrons. The highest BCUT2D eigenvalue weighted by Gasteiger charge is 2.32. The summed E-state index contributed by atoms with van der Waals surface area (Å²) in [6.07, 6.45) is 6.19. The molecule has 0 unspecified atom stereocenters. The van der Waals surface area contributed by atoms with Crippen LogP contribution < -0.4 is 10.1 Å². The second-order valence-electron chi connectivity index (χ2n) is 5.51. The number of hydrogen-bond donors (Lipinski definition) is 1. The average molecular weight is 314 g/mol. The van der Waals surface area contributed by atoms with Crippen LogP contribution in [0, 0.1) is 18.3 Å². The van der Waals surface area contributed by atoms with E-state index >= 15 is 0 Å². The second kappa shape index (κ2) is 8.23. The van der Waals surface area contributed by atoms with Crippen LogP contribution in [0.3, 0.4) is 0 Å². The lowest BCUT2D eigenvalue weighted by Gasteiger charge is -2.13. The number of benzene rings is 1. The Morgan fingerprint density at radius 1 is 1.43 bits per heavy atom. The van der Waals surface area contributed by atoms with E-state index in [1.807, 2.05) is 31.2 Å². The van der Waals surface area contributed by atoms with Crippen LogP contribution in [0.5, 0.6) is 5.75 Å². The van der Waals surface area contributed by atoms with Crippen molar-refractivity contribution in [2.24, 2.45) is 5.92 Å². The van der Waals surface area contributed by atoms with Crippen molar-refractivity contribution in [3.63, 3.8) is 0 Å². The molecule has 0 aliphatic carbocycles. The molecule has 0 aromatic heterocycles. The second-order valence-corrected chi connectivity index (χ2v) is 5.51. The van der Waals surface area contributed by atoms with Gasteiger partial charge < -0.3 is 15.0 Å². The van der Waals surface area contributed by atoms with Gasteiger partial charge in [-0.25, -0.2) is 0 Å². The van der Waals surface area contributed by atoms with Crippen LogP contribution in [0.4, 0.5) is 0 Å². The predicted molar refractivity (Wildman–Crippen MR) is 87.8 cm³/mol. The fourth-order valence-electron chi connectivity index (χ4n) is 2.61. The first-order valence-corrected chi connectivity index (χ1v) is 7.84. The van der Waals surface area contributed by atoms with Crippen molar-refractivity contribution >= 4 is 11.8 Å². The van der Waals surface area contributed by atoms with Crippen molar-refractivity contribution < 1.29 is 14.3 Å². The molecule has 0 bridgehead atoms. The van der Waals surface area contributed by atoms with Gasteiger partial charge in [-0.1, -0.05) is 18.1 Å². The Morgan fingerprint density at radius 3 is 2.78 bits per heavy atom. The molecule has 2 amide bonds. The highest BCUT2D eigenvalue weighted by atomic mass is 16.5. The summed E-state index contributed by atoms with van der Waals surface area (Å²) in [6.45, 7) is 3.93. The molecular weight excluding hydrogens is 292 g/mol. The van der Waals surface area contributed by atoms with Crippen LogP contribution in [0.25, 0.3) is 0 Å². The van der Waals surface area contributed by atoms with Gasteiger partial charge >= 0.3 is 0 Å². The van der Waals surface area contributed by atoms with E-state index in [0.717, 1.165) is 17.7 Å². The first kappa shape index (κ1) is 16.9. The van der Waals surface area contributed by atoms with Crippen molar-refractivity contribution in [3.8, 4) is 18.1 Å². The molecule has 2 rings (SSSR count). The number of carbonyl (C=O) groups excluding carboxylic acids is 2. The molecule has 1 aliphatic heterocycles. The Balaban J connectivity index is 1.73. The number of rotatable bonds is 7. The molecule has 1 atom stereocenters. The van der Waals surface area contributed by atoms with Gasteiger partial charge in [0.15, 0.2) is 0 Å². The quantitative estimate of drug-likeness (QED) is 0.770. The molecule has 0 radical (unpaired) electrons. The summed E-state index contributed by atoms with van der Waals surface area (Å²) in [5, 5.41) is 2.91. The summed E-state index contributed by atoms with van der Waals surface area (Å²) in [5.41, 5.74) is 1.11. The van der Waals surface area contributed by atoms with Crippen molar-refractivity contribution in [2.45, 2.75) is 19.8 Å². The van der Waals surface area contributed by atoms with Gasteiger partial charge in [-0.3, -0.25) is 9.59 Å². The number of terminal acetylenes is 1. The fourth-order valence-corrected chi connectivity index (χ4v) is 2.61. The van der Waals surface area contributed by atoms with Crippen LogP contribution in [-0.4, -0.2) is 43.0 Å². The summed E-state index contributed by atoms with van der Waals surface area (Å²) in [7, 11) is 0. The van der Waals surface area contributed by atoms with E-state index < -0.39 is 0 Å². The summed E-state index contributed by atoms with van der Waals surface area (Å²) >= 11 is 0. The number of likely N-dealkylation sites (tertiary alicyclic amines) is 1. The zero-order chi connectivity index (χ0) is 16.7. The molecule has 1 aromatic rings. The van der Waals surface area contributed by atoms with Gasteiger partial charge in [0.25, 0.3) is 0 Å². The molecule has 1 heterocycles. The Bertz CT molecular complexity index is 589. The number of carbonyl (C=O) groups is 2. The minimum absolute atomic E-state index is 0.0386. The Kier molecular flexibility index (Phi) is 6.04. The lowest BCUT2D eigenvalue weighted by molar-refractivity contribution is -0.128. The molecule has 1 fully saturated rings. The van der Waals surface area contributed by atoms with Gasteiger partial charge in [0.05, 0.1) is 5.92 Å². The lowest BCUT2D eigenvalue weighted by Crippen LogP contribution is -2.34. The molecule has 1 aromatic carbocycles. The number of nitrogens with one attached hydrogen (secondary N) is 1. The van der Waals surface area contributed by atoms with E-state index in [1.165, 1.54) is 0 Å².